The van der Waals surface area contributed by atoms with Crippen LogP contribution in [0.1, 0.15) is 62.5 Å². The predicted octanol–water partition coefficient (Wildman–Crippen LogP) is 4.39. The molecule has 2 fully saturated rings. The minimum atomic E-state index is -1.82. The molecule has 2 heterocycles. The van der Waals surface area contributed by atoms with E-state index in [1.165, 1.54) is 75.6 Å². The number of carboxylic acid groups (broad SMARTS) is 2. The Morgan fingerprint density at radius 3 is 2.22 bits per heavy atom. The van der Waals surface area contributed by atoms with E-state index in [2.05, 4.69) is 46.1 Å². The average Bonchev–Trinajstić information content (AvgIpc) is 2.90. The first-order valence-corrected chi connectivity index (χ1v) is 13.5. The second-order valence-corrected chi connectivity index (χ2v) is 10.4. The molecule has 0 unspecified atom stereocenters. The zero-order chi connectivity index (χ0) is 26.6. The lowest BCUT2D eigenvalue weighted by Gasteiger charge is -2.32. The highest BCUT2D eigenvalue weighted by molar-refractivity contribution is 6.27. The molecule has 2 aromatic rings. The van der Waals surface area contributed by atoms with Crippen LogP contribution in [-0.4, -0.2) is 58.7 Å². The first kappa shape index (κ1) is 28.4. The number of piperidine rings is 1. The SMILES string of the molecule is CN(CC1CCCCC1)c1ccccc1CCC1CCN(Cc2ccc[nH]c2=O)CC1.O=C(O)C(=O)O. The van der Waals surface area contributed by atoms with Crippen molar-refractivity contribution >= 4 is 17.6 Å². The van der Waals surface area contributed by atoms with Crippen LogP contribution in [0.3, 0.4) is 0 Å². The van der Waals surface area contributed by atoms with Crippen molar-refractivity contribution in [2.24, 2.45) is 11.8 Å². The first-order valence-electron chi connectivity index (χ1n) is 13.5. The molecule has 1 aliphatic heterocycles. The van der Waals surface area contributed by atoms with Crippen LogP contribution in [0.15, 0.2) is 47.4 Å². The summed E-state index contributed by atoms with van der Waals surface area (Å²) in [6.45, 7) is 4.18. The lowest BCUT2D eigenvalue weighted by molar-refractivity contribution is -0.159. The van der Waals surface area contributed by atoms with Gasteiger partial charge in [-0.3, -0.25) is 9.69 Å². The van der Waals surface area contributed by atoms with E-state index < -0.39 is 11.9 Å². The number of hydrogen-bond acceptors (Lipinski definition) is 5. The van der Waals surface area contributed by atoms with Crippen molar-refractivity contribution in [2.75, 3.05) is 31.6 Å². The molecule has 2 aliphatic rings. The number of aryl methyl sites for hydroxylation is 1. The number of carboxylic acids is 2. The maximum Gasteiger partial charge on any atom is 0.414 e. The molecule has 0 spiro atoms. The standard InChI is InChI=1S/C27H39N3O.C2H2O4/c1-29(20-23-8-3-2-4-9-23)26-12-6-5-10-24(26)14-13-22-15-18-30(19-16-22)21-25-11-7-17-28-27(25)31;3-1(4)2(5)6/h5-7,10-12,17,22-23H,2-4,8-9,13-16,18-21H2,1H3,(H,28,31);(H,3,4)(H,5,6). The highest BCUT2D eigenvalue weighted by Gasteiger charge is 2.21. The van der Waals surface area contributed by atoms with Crippen molar-refractivity contribution in [3.05, 3.63) is 64.1 Å². The third kappa shape index (κ3) is 9.35. The van der Waals surface area contributed by atoms with Gasteiger partial charge in [-0.2, -0.15) is 0 Å². The summed E-state index contributed by atoms with van der Waals surface area (Å²) >= 11 is 0. The summed E-state index contributed by atoms with van der Waals surface area (Å²) in [4.78, 5) is 37.9. The maximum absolute atomic E-state index is 11.9. The quantitative estimate of drug-likeness (QED) is 0.450. The minimum absolute atomic E-state index is 0.0542. The molecule has 8 nitrogen and oxygen atoms in total. The number of para-hydroxylation sites is 1. The van der Waals surface area contributed by atoms with Crippen molar-refractivity contribution in [3.8, 4) is 0 Å². The van der Waals surface area contributed by atoms with Gasteiger partial charge in [-0.05, 0) is 81.1 Å². The van der Waals surface area contributed by atoms with Gasteiger partial charge in [0.2, 0.25) is 0 Å². The summed E-state index contributed by atoms with van der Waals surface area (Å²) in [5.41, 5.74) is 3.89. The number of pyridine rings is 1. The molecule has 8 heteroatoms. The number of likely N-dealkylation sites (tertiary alicyclic amines) is 1. The number of carbonyl (C=O) groups is 2. The van der Waals surface area contributed by atoms with Crippen LogP contribution in [0.5, 0.6) is 0 Å². The van der Waals surface area contributed by atoms with Gasteiger partial charge in [0.05, 0.1) is 0 Å². The van der Waals surface area contributed by atoms with Gasteiger partial charge in [-0.25, -0.2) is 9.59 Å². The molecule has 1 aromatic heterocycles. The molecule has 0 atom stereocenters. The molecule has 1 saturated heterocycles. The molecule has 1 saturated carbocycles. The monoisotopic (exact) mass is 511 g/mol. The second kappa shape index (κ2) is 14.6. The Hall–Kier alpha value is -3.13. The second-order valence-electron chi connectivity index (χ2n) is 10.4. The van der Waals surface area contributed by atoms with E-state index in [1.54, 1.807) is 6.20 Å². The van der Waals surface area contributed by atoms with Gasteiger partial charge < -0.3 is 20.1 Å². The fraction of sp³-hybridized carbons (Fsp3) is 0.552. The van der Waals surface area contributed by atoms with Crippen LogP contribution in [0.4, 0.5) is 5.69 Å². The van der Waals surface area contributed by atoms with E-state index in [9.17, 15) is 4.79 Å². The summed E-state index contributed by atoms with van der Waals surface area (Å²) in [5, 5.41) is 14.8. The van der Waals surface area contributed by atoms with E-state index in [-0.39, 0.29) is 5.56 Å². The lowest BCUT2D eigenvalue weighted by Crippen LogP contribution is -2.35. The number of anilines is 1. The number of nitrogens with one attached hydrogen (secondary N) is 1. The normalized spacial score (nSPS) is 17.0. The minimum Gasteiger partial charge on any atom is -0.473 e. The molecular formula is C29H41N3O5. The Bertz CT molecular complexity index is 1040. The fourth-order valence-electron chi connectivity index (χ4n) is 5.56. The first-order chi connectivity index (χ1) is 17.8. The largest absolute Gasteiger partial charge is 0.473 e. The number of benzene rings is 1. The summed E-state index contributed by atoms with van der Waals surface area (Å²) in [6.07, 6.45) is 13.7. The highest BCUT2D eigenvalue weighted by Crippen LogP contribution is 2.29. The van der Waals surface area contributed by atoms with Gasteiger partial charge in [0.1, 0.15) is 0 Å². The zero-order valence-corrected chi connectivity index (χ0v) is 21.9. The van der Waals surface area contributed by atoms with Crippen LogP contribution in [-0.2, 0) is 22.6 Å². The van der Waals surface area contributed by atoms with Crippen molar-refractivity contribution < 1.29 is 19.8 Å². The third-order valence-corrected chi connectivity index (χ3v) is 7.67. The molecule has 0 radical (unpaired) electrons. The fourth-order valence-corrected chi connectivity index (χ4v) is 5.56. The van der Waals surface area contributed by atoms with Crippen LogP contribution in [0, 0.1) is 11.8 Å². The topological polar surface area (TPSA) is 114 Å². The number of aromatic amines is 1. The molecular weight excluding hydrogens is 470 g/mol. The van der Waals surface area contributed by atoms with E-state index in [0.717, 1.165) is 37.0 Å². The van der Waals surface area contributed by atoms with Gasteiger partial charge in [0, 0.05) is 37.6 Å². The van der Waals surface area contributed by atoms with E-state index in [0.29, 0.717) is 0 Å². The smallest absolute Gasteiger partial charge is 0.414 e. The van der Waals surface area contributed by atoms with E-state index >= 15 is 0 Å². The van der Waals surface area contributed by atoms with E-state index in [1.807, 2.05) is 12.1 Å². The maximum atomic E-state index is 11.9. The Balaban J connectivity index is 0.000000568. The van der Waals surface area contributed by atoms with Crippen molar-refractivity contribution in [3.63, 3.8) is 0 Å². The molecule has 0 bridgehead atoms. The third-order valence-electron chi connectivity index (χ3n) is 7.67. The molecule has 1 aliphatic carbocycles. The van der Waals surface area contributed by atoms with Gasteiger partial charge in [0.25, 0.3) is 5.56 Å². The molecule has 3 N–H and O–H groups in total. The molecule has 37 heavy (non-hydrogen) atoms. The van der Waals surface area contributed by atoms with Crippen LogP contribution in [0.25, 0.3) is 0 Å². The number of hydrogen-bond donors (Lipinski definition) is 3. The number of aromatic nitrogens is 1. The Labute approximate surface area is 219 Å². The Morgan fingerprint density at radius 2 is 1.57 bits per heavy atom. The van der Waals surface area contributed by atoms with E-state index in [4.69, 9.17) is 19.8 Å². The Morgan fingerprint density at radius 1 is 0.919 bits per heavy atom. The predicted molar refractivity (Wildman–Crippen MR) is 145 cm³/mol. The Kier molecular flexibility index (Phi) is 11.2. The lowest BCUT2D eigenvalue weighted by atomic mass is 9.88. The average molecular weight is 512 g/mol. The number of rotatable bonds is 8. The van der Waals surface area contributed by atoms with Gasteiger partial charge >= 0.3 is 11.9 Å². The number of aliphatic carboxylic acids is 2. The van der Waals surface area contributed by atoms with Crippen molar-refractivity contribution in [1.82, 2.24) is 9.88 Å². The van der Waals surface area contributed by atoms with Crippen LogP contribution < -0.4 is 10.5 Å². The number of H-pyrrole nitrogens is 1. The number of nitrogens with zero attached hydrogens (tertiary/aromatic N) is 2. The summed E-state index contributed by atoms with van der Waals surface area (Å²) < 4.78 is 0. The molecule has 202 valence electrons. The van der Waals surface area contributed by atoms with Crippen molar-refractivity contribution in [1.29, 1.82) is 0 Å². The van der Waals surface area contributed by atoms with Crippen molar-refractivity contribution in [2.45, 2.75) is 64.3 Å². The van der Waals surface area contributed by atoms with Gasteiger partial charge in [-0.1, -0.05) is 43.5 Å². The molecule has 1 aromatic carbocycles. The highest BCUT2D eigenvalue weighted by atomic mass is 16.4. The van der Waals surface area contributed by atoms with Crippen LogP contribution in [0.2, 0.25) is 0 Å². The molecule has 4 rings (SSSR count). The summed E-state index contributed by atoms with van der Waals surface area (Å²) in [7, 11) is 2.29. The summed E-state index contributed by atoms with van der Waals surface area (Å²) in [5.74, 6) is -1.99. The summed E-state index contributed by atoms with van der Waals surface area (Å²) in [6, 6.07) is 12.9. The molecule has 0 amide bonds. The van der Waals surface area contributed by atoms with Crippen LogP contribution >= 0.6 is 0 Å². The van der Waals surface area contributed by atoms with Gasteiger partial charge in [-0.15, -0.1) is 0 Å². The zero-order valence-electron chi connectivity index (χ0n) is 21.9. The van der Waals surface area contributed by atoms with Gasteiger partial charge in [0.15, 0.2) is 0 Å².